The molecule has 0 bridgehead atoms. The summed E-state index contributed by atoms with van der Waals surface area (Å²) in [5, 5.41) is 13.7. The van der Waals surface area contributed by atoms with E-state index < -0.39 is 0 Å². The van der Waals surface area contributed by atoms with Crippen LogP contribution in [0.4, 0.5) is 5.00 Å². The number of thioether (sulfide) groups is 1. The van der Waals surface area contributed by atoms with Crippen molar-refractivity contribution < 1.29 is 4.79 Å². The highest BCUT2D eigenvalue weighted by atomic mass is 32.2. The standard InChI is InChI=1S/C18H16N4OS2/c1-10-5-6-13-14(7-10)21-18(20-13)24-9-16(23)22-17-12(8-19)11-3-2-4-15(11)25-17/h5-7H,2-4,9H2,1H3,(H,20,21)(H,22,23). The van der Waals surface area contributed by atoms with Gasteiger partial charge in [-0.05, 0) is 49.4 Å². The summed E-state index contributed by atoms with van der Waals surface area (Å²) in [4.78, 5) is 21.2. The molecule has 0 atom stereocenters. The number of benzene rings is 1. The minimum absolute atomic E-state index is 0.113. The van der Waals surface area contributed by atoms with Gasteiger partial charge in [0.1, 0.15) is 11.1 Å². The fourth-order valence-corrected chi connectivity index (χ4v) is 5.02. The molecule has 126 valence electrons. The maximum Gasteiger partial charge on any atom is 0.235 e. The molecule has 1 aliphatic carbocycles. The second-order valence-corrected chi connectivity index (χ2v) is 8.14. The van der Waals surface area contributed by atoms with Crippen LogP contribution in [0.25, 0.3) is 11.0 Å². The van der Waals surface area contributed by atoms with E-state index in [4.69, 9.17) is 0 Å². The van der Waals surface area contributed by atoms with Gasteiger partial charge in [-0.25, -0.2) is 4.98 Å². The van der Waals surface area contributed by atoms with Crippen LogP contribution in [-0.4, -0.2) is 21.6 Å². The molecule has 7 heteroatoms. The normalized spacial score (nSPS) is 13.0. The van der Waals surface area contributed by atoms with Crippen molar-refractivity contribution in [2.24, 2.45) is 0 Å². The van der Waals surface area contributed by atoms with Gasteiger partial charge in [0.25, 0.3) is 0 Å². The van der Waals surface area contributed by atoms with E-state index >= 15 is 0 Å². The maximum absolute atomic E-state index is 12.3. The summed E-state index contributed by atoms with van der Waals surface area (Å²) in [7, 11) is 0. The Labute approximate surface area is 153 Å². The molecule has 1 aliphatic rings. The molecule has 4 rings (SSSR count). The van der Waals surface area contributed by atoms with Gasteiger partial charge in [0.05, 0.1) is 22.3 Å². The summed E-state index contributed by atoms with van der Waals surface area (Å²) in [6.07, 6.45) is 3.06. The summed E-state index contributed by atoms with van der Waals surface area (Å²) in [5.74, 6) is 0.143. The van der Waals surface area contributed by atoms with Crippen molar-refractivity contribution in [2.45, 2.75) is 31.3 Å². The lowest BCUT2D eigenvalue weighted by atomic mass is 10.1. The molecule has 1 amide bonds. The fraction of sp³-hybridized carbons (Fsp3) is 0.278. The number of hydrogen-bond donors (Lipinski definition) is 2. The smallest absolute Gasteiger partial charge is 0.235 e. The number of aromatic nitrogens is 2. The van der Waals surface area contributed by atoms with E-state index in [0.717, 1.165) is 41.0 Å². The molecule has 0 radical (unpaired) electrons. The Morgan fingerprint density at radius 2 is 2.36 bits per heavy atom. The molecule has 2 heterocycles. The number of rotatable bonds is 4. The number of fused-ring (bicyclic) bond motifs is 2. The average molecular weight is 368 g/mol. The summed E-state index contributed by atoms with van der Waals surface area (Å²) in [6, 6.07) is 8.28. The highest BCUT2D eigenvalue weighted by molar-refractivity contribution is 7.99. The lowest BCUT2D eigenvalue weighted by Crippen LogP contribution is -2.14. The van der Waals surface area contributed by atoms with Gasteiger partial charge in [0.2, 0.25) is 5.91 Å². The van der Waals surface area contributed by atoms with Gasteiger partial charge in [-0.1, -0.05) is 17.8 Å². The van der Waals surface area contributed by atoms with Gasteiger partial charge < -0.3 is 10.3 Å². The quantitative estimate of drug-likeness (QED) is 0.681. The number of imidazole rings is 1. The van der Waals surface area contributed by atoms with E-state index in [0.29, 0.717) is 10.6 Å². The Kier molecular flexibility index (Phi) is 4.24. The topological polar surface area (TPSA) is 81.6 Å². The molecule has 3 aromatic rings. The van der Waals surface area contributed by atoms with Crippen LogP contribution < -0.4 is 5.32 Å². The van der Waals surface area contributed by atoms with E-state index in [-0.39, 0.29) is 11.7 Å². The number of hydrogen-bond acceptors (Lipinski definition) is 5. The van der Waals surface area contributed by atoms with Crippen LogP contribution in [0.5, 0.6) is 0 Å². The third-order valence-corrected chi connectivity index (χ3v) is 6.32. The SMILES string of the molecule is Cc1ccc2nc(SCC(=O)Nc3sc4c(c3C#N)CCC4)[nH]c2c1. The Balaban J connectivity index is 1.43. The molecule has 1 aromatic carbocycles. The number of carbonyl (C=O) groups is 1. The predicted octanol–water partition coefficient (Wildman–Crippen LogP) is 4.02. The number of nitriles is 1. The van der Waals surface area contributed by atoms with Crippen LogP contribution in [0.3, 0.4) is 0 Å². The molecule has 5 nitrogen and oxygen atoms in total. The van der Waals surface area contributed by atoms with Crippen LogP contribution in [0.15, 0.2) is 23.4 Å². The number of nitrogens with one attached hydrogen (secondary N) is 2. The molecule has 0 unspecified atom stereocenters. The molecule has 0 saturated carbocycles. The van der Waals surface area contributed by atoms with Gasteiger partial charge in [0, 0.05) is 4.88 Å². The molecular weight excluding hydrogens is 352 g/mol. The lowest BCUT2D eigenvalue weighted by molar-refractivity contribution is -0.113. The van der Waals surface area contributed by atoms with Gasteiger partial charge >= 0.3 is 0 Å². The highest BCUT2D eigenvalue weighted by Gasteiger charge is 2.23. The molecule has 0 fully saturated rings. The largest absolute Gasteiger partial charge is 0.333 e. The first-order valence-electron chi connectivity index (χ1n) is 8.07. The van der Waals surface area contributed by atoms with Crippen LogP contribution in [0, 0.1) is 18.3 Å². The van der Waals surface area contributed by atoms with E-state index in [2.05, 4.69) is 21.4 Å². The van der Waals surface area contributed by atoms with Gasteiger partial charge in [0.15, 0.2) is 5.16 Å². The summed E-state index contributed by atoms with van der Waals surface area (Å²) in [5.41, 5.74) is 4.82. The second-order valence-electron chi connectivity index (χ2n) is 6.07. The first-order chi connectivity index (χ1) is 12.1. The Morgan fingerprint density at radius 1 is 1.48 bits per heavy atom. The molecule has 0 spiro atoms. The molecule has 25 heavy (non-hydrogen) atoms. The van der Waals surface area contributed by atoms with E-state index in [9.17, 15) is 10.1 Å². The number of thiophene rings is 1. The zero-order valence-electron chi connectivity index (χ0n) is 13.7. The lowest BCUT2D eigenvalue weighted by Gasteiger charge is -2.03. The molecule has 2 N–H and O–H groups in total. The zero-order chi connectivity index (χ0) is 17.4. The highest BCUT2D eigenvalue weighted by Crippen LogP contribution is 2.38. The van der Waals surface area contributed by atoms with E-state index in [1.807, 2.05) is 25.1 Å². The number of aryl methyl sites for hydroxylation is 2. The molecular formula is C18H16N4OS2. The van der Waals surface area contributed by atoms with Crippen molar-refractivity contribution >= 4 is 45.0 Å². The van der Waals surface area contributed by atoms with Gasteiger partial charge in [-0.3, -0.25) is 4.79 Å². The van der Waals surface area contributed by atoms with Crippen LogP contribution >= 0.6 is 23.1 Å². The third kappa shape index (κ3) is 3.15. The number of aromatic amines is 1. The van der Waals surface area contributed by atoms with Crippen molar-refractivity contribution in [3.05, 3.63) is 39.8 Å². The van der Waals surface area contributed by atoms with Gasteiger partial charge in [-0.15, -0.1) is 11.3 Å². The summed E-state index contributed by atoms with van der Waals surface area (Å²) >= 11 is 2.91. The van der Waals surface area contributed by atoms with Crippen LogP contribution in [-0.2, 0) is 17.6 Å². The number of nitrogens with zero attached hydrogens (tertiary/aromatic N) is 2. The maximum atomic E-state index is 12.3. The Bertz CT molecular complexity index is 1010. The van der Waals surface area contributed by atoms with E-state index in [1.165, 1.54) is 22.2 Å². The van der Waals surface area contributed by atoms with Crippen molar-refractivity contribution in [1.82, 2.24) is 9.97 Å². The number of carbonyl (C=O) groups excluding carboxylic acids is 1. The third-order valence-electron chi connectivity index (χ3n) is 4.24. The van der Waals surface area contributed by atoms with Crippen LogP contribution in [0.1, 0.15) is 28.0 Å². The fourth-order valence-electron chi connectivity index (χ4n) is 3.08. The first-order valence-corrected chi connectivity index (χ1v) is 9.88. The number of anilines is 1. The zero-order valence-corrected chi connectivity index (χ0v) is 15.3. The number of H-pyrrole nitrogens is 1. The Morgan fingerprint density at radius 3 is 3.20 bits per heavy atom. The minimum atomic E-state index is -0.113. The monoisotopic (exact) mass is 368 g/mol. The molecule has 2 aromatic heterocycles. The summed E-state index contributed by atoms with van der Waals surface area (Å²) < 4.78 is 0. The molecule has 0 aliphatic heterocycles. The second kappa shape index (κ2) is 6.54. The number of amides is 1. The van der Waals surface area contributed by atoms with Crippen LogP contribution in [0.2, 0.25) is 0 Å². The van der Waals surface area contributed by atoms with Gasteiger partial charge in [-0.2, -0.15) is 5.26 Å². The van der Waals surface area contributed by atoms with E-state index in [1.54, 1.807) is 11.3 Å². The summed E-state index contributed by atoms with van der Waals surface area (Å²) in [6.45, 7) is 2.03. The average Bonchev–Trinajstić information content (AvgIpc) is 3.26. The predicted molar refractivity (Wildman–Crippen MR) is 101 cm³/mol. The Hall–Kier alpha value is -2.30. The van der Waals surface area contributed by atoms with Crippen molar-refractivity contribution in [1.29, 1.82) is 5.26 Å². The molecule has 0 saturated heterocycles. The van der Waals surface area contributed by atoms with Crippen molar-refractivity contribution in [3.8, 4) is 6.07 Å². The van der Waals surface area contributed by atoms with Crippen molar-refractivity contribution in [3.63, 3.8) is 0 Å². The minimum Gasteiger partial charge on any atom is -0.333 e. The van der Waals surface area contributed by atoms with Crippen molar-refractivity contribution in [2.75, 3.05) is 11.1 Å². The first kappa shape index (κ1) is 16.2.